The molecule has 2 amide bonds. The molecule has 1 heterocycles. The lowest BCUT2D eigenvalue weighted by molar-refractivity contribution is 0.248. The van der Waals surface area contributed by atoms with Crippen molar-refractivity contribution in [2.45, 2.75) is 25.8 Å². The average Bonchev–Trinajstić information content (AvgIpc) is 2.90. The summed E-state index contributed by atoms with van der Waals surface area (Å²) in [5.74, 6) is 0.261. The van der Waals surface area contributed by atoms with Gasteiger partial charge in [-0.15, -0.1) is 10.2 Å². The maximum absolute atomic E-state index is 11.7. The van der Waals surface area contributed by atoms with Crippen LogP contribution in [0.15, 0.2) is 29.8 Å². The molecule has 0 saturated carbocycles. The second-order valence-electron chi connectivity index (χ2n) is 4.45. The normalized spacial score (nSPS) is 11.8. The number of benzene rings is 1. The van der Waals surface area contributed by atoms with E-state index in [2.05, 4.69) is 20.8 Å². The maximum Gasteiger partial charge on any atom is 0.321 e. The van der Waals surface area contributed by atoms with Gasteiger partial charge >= 0.3 is 6.03 Å². The molecule has 0 aliphatic carbocycles. The van der Waals surface area contributed by atoms with Gasteiger partial charge in [-0.2, -0.15) is 0 Å². The Labute approximate surface area is 120 Å². The van der Waals surface area contributed by atoms with E-state index in [1.165, 1.54) is 11.3 Å². The molecule has 0 saturated heterocycles. The van der Waals surface area contributed by atoms with Crippen molar-refractivity contribution in [1.82, 2.24) is 15.5 Å². The smallest absolute Gasteiger partial charge is 0.321 e. The van der Waals surface area contributed by atoms with Gasteiger partial charge in [0, 0.05) is 6.04 Å². The van der Waals surface area contributed by atoms with Gasteiger partial charge in [0.1, 0.15) is 11.3 Å². The molecule has 0 aliphatic heterocycles. The summed E-state index contributed by atoms with van der Waals surface area (Å²) in [5, 5.41) is 22.5. The lowest BCUT2D eigenvalue weighted by Gasteiger charge is -2.13. The van der Waals surface area contributed by atoms with Crippen molar-refractivity contribution < 1.29 is 9.90 Å². The lowest BCUT2D eigenvalue weighted by atomic mass is 10.1. The number of anilines is 1. The van der Waals surface area contributed by atoms with Gasteiger partial charge in [-0.3, -0.25) is 5.32 Å². The highest BCUT2D eigenvalue weighted by molar-refractivity contribution is 7.13. The monoisotopic (exact) mass is 292 g/mol. The molecule has 106 valence electrons. The maximum atomic E-state index is 11.7. The van der Waals surface area contributed by atoms with E-state index in [1.807, 2.05) is 19.1 Å². The Morgan fingerprint density at radius 3 is 2.80 bits per heavy atom. The van der Waals surface area contributed by atoms with Crippen molar-refractivity contribution >= 4 is 22.5 Å². The van der Waals surface area contributed by atoms with Crippen molar-refractivity contribution in [3.63, 3.8) is 0 Å². The van der Waals surface area contributed by atoms with Crippen LogP contribution in [0.1, 0.15) is 18.9 Å². The first-order chi connectivity index (χ1) is 9.63. The third-order valence-electron chi connectivity index (χ3n) is 2.76. The van der Waals surface area contributed by atoms with Crippen LogP contribution >= 0.6 is 11.3 Å². The van der Waals surface area contributed by atoms with E-state index in [4.69, 9.17) is 0 Å². The topological polar surface area (TPSA) is 87.1 Å². The first-order valence-corrected chi connectivity index (χ1v) is 7.13. The number of aromatic nitrogens is 2. The molecule has 0 radical (unpaired) electrons. The molecule has 1 aromatic heterocycles. The van der Waals surface area contributed by atoms with E-state index in [9.17, 15) is 9.90 Å². The van der Waals surface area contributed by atoms with E-state index in [0.29, 0.717) is 5.13 Å². The summed E-state index contributed by atoms with van der Waals surface area (Å²) >= 11 is 1.27. The summed E-state index contributed by atoms with van der Waals surface area (Å²) in [5.41, 5.74) is 2.69. The number of hydrogen-bond donors (Lipinski definition) is 3. The summed E-state index contributed by atoms with van der Waals surface area (Å²) in [6.07, 6.45) is 1.65. The van der Waals surface area contributed by atoms with Crippen molar-refractivity contribution in [3.8, 4) is 5.75 Å². The van der Waals surface area contributed by atoms with Crippen LogP contribution in [0.2, 0.25) is 0 Å². The first-order valence-electron chi connectivity index (χ1n) is 6.25. The number of nitrogens with one attached hydrogen (secondary N) is 2. The zero-order valence-corrected chi connectivity index (χ0v) is 11.9. The molecule has 0 aliphatic rings. The second-order valence-corrected chi connectivity index (χ2v) is 5.28. The molecule has 1 aromatic carbocycles. The van der Waals surface area contributed by atoms with Crippen molar-refractivity contribution in [2.75, 3.05) is 5.32 Å². The standard InChI is InChI=1S/C13H16N4O2S/c1-9(2-3-10-4-6-11(18)7-5-10)15-12(19)16-13-17-14-8-20-13/h4-9,18H,2-3H2,1H3,(H2,15,16,17,19). The van der Waals surface area contributed by atoms with Gasteiger partial charge in [0.25, 0.3) is 0 Å². The Morgan fingerprint density at radius 2 is 2.15 bits per heavy atom. The number of phenolic OH excluding ortho intramolecular Hbond substituents is 1. The number of aryl methyl sites for hydroxylation is 1. The molecule has 6 nitrogen and oxygen atoms in total. The molecule has 0 bridgehead atoms. The molecular weight excluding hydrogens is 276 g/mol. The zero-order valence-electron chi connectivity index (χ0n) is 11.0. The predicted octanol–water partition coefficient (Wildman–Crippen LogP) is 2.39. The molecule has 1 atom stereocenters. The second kappa shape index (κ2) is 6.85. The highest BCUT2D eigenvalue weighted by atomic mass is 32.1. The number of nitrogens with zero attached hydrogens (tertiary/aromatic N) is 2. The molecule has 2 rings (SSSR count). The first kappa shape index (κ1) is 14.3. The number of amides is 2. The Balaban J connectivity index is 1.73. The van der Waals surface area contributed by atoms with Crippen LogP contribution in [0.3, 0.4) is 0 Å². The number of hydrogen-bond acceptors (Lipinski definition) is 5. The summed E-state index contributed by atoms with van der Waals surface area (Å²) in [7, 11) is 0. The van der Waals surface area contributed by atoms with Crippen molar-refractivity contribution in [2.24, 2.45) is 0 Å². The van der Waals surface area contributed by atoms with Crippen LogP contribution < -0.4 is 10.6 Å². The fourth-order valence-electron chi connectivity index (χ4n) is 1.70. The van der Waals surface area contributed by atoms with Gasteiger partial charge in [0.05, 0.1) is 0 Å². The minimum Gasteiger partial charge on any atom is -0.508 e. The molecule has 0 spiro atoms. The van der Waals surface area contributed by atoms with Gasteiger partial charge in [0.2, 0.25) is 5.13 Å². The third kappa shape index (κ3) is 4.51. The third-order valence-corrected chi connectivity index (χ3v) is 3.37. The fraction of sp³-hybridized carbons (Fsp3) is 0.308. The number of urea groups is 1. The number of carbonyl (C=O) groups excluding carboxylic acids is 1. The Hall–Kier alpha value is -2.15. The van der Waals surface area contributed by atoms with Gasteiger partial charge < -0.3 is 10.4 Å². The number of carbonyl (C=O) groups is 1. The quantitative estimate of drug-likeness (QED) is 0.789. The van der Waals surface area contributed by atoms with E-state index >= 15 is 0 Å². The largest absolute Gasteiger partial charge is 0.508 e. The Bertz CT molecular complexity index is 542. The van der Waals surface area contributed by atoms with Crippen LogP contribution in [0.25, 0.3) is 0 Å². The molecule has 1 unspecified atom stereocenters. The minimum absolute atomic E-state index is 0.0386. The molecule has 7 heteroatoms. The van der Waals surface area contributed by atoms with Crippen LogP contribution in [-0.4, -0.2) is 27.4 Å². The highest BCUT2D eigenvalue weighted by Crippen LogP contribution is 2.12. The highest BCUT2D eigenvalue weighted by Gasteiger charge is 2.09. The molecule has 3 N–H and O–H groups in total. The number of phenols is 1. The van der Waals surface area contributed by atoms with E-state index < -0.39 is 0 Å². The van der Waals surface area contributed by atoms with E-state index in [1.54, 1.807) is 17.6 Å². The lowest BCUT2D eigenvalue weighted by Crippen LogP contribution is -2.36. The fourth-order valence-corrected chi connectivity index (χ4v) is 2.14. The van der Waals surface area contributed by atoms with Gasteiger partial charge in [0.15, 0.2) is 0 Å². The average molecular weight is 292 g/mol. The van der Waals surface area contributed by atoms with Crippen LogP contribution in [0.5, 0.6) is 5.75 Å². The molecule has 2 aromatic rings. The van der Waals surface area contributed by atoms with E-state index in [-0.39, 0.29) is 17.8 Å². The number of aromatic hydroxyl groups is 1. The Kier molecular flexibility index (Phi) is 4.89. The van der Waals surface area contributed by atoms with Gasteiger partial charge in [-0.05, 0) is 37.5 Å². The summed E-state index contributed by atoms with van der Waals surface area (Å²) in [6, 6.07) is 6.84. The van der Waals surface area contributed by atoms with Crippen LogP contribution in [0.4, 0.5) is 9.93 Å². The van der Waals surface area contributed by atoms with Crippen molar-refractivity contribution in [1.29, 1.82) is 0 Å². The molecule has 0 fully saturated rings. The zero-order chi connectivity index (χ0) is 14.4. The van der Waals surface area contributed by atoms with E-state index in [0.717, 1.165) is 18.4 Å². The summed E-state index contributed by atoms with van der Waals surface area (Å²) < 4.78 is 0. The van der Waals surface area contributed by atoms with Crippen LogP contribution in [-0.2, 0) is 6.42 Å². The summed E-state index contributed by atoms with van der Waals surface area (Å²) in [6.45, 7) is 1.94. The minimum atomic E-state index is -0.278. The number of rotatable bonds is 5. The summed E-state index contributed by atoms with van der Waals surface area (Å²) in [4.78, 5) is 11.7. The predicted molar refractivity (Wildman–Crippen MR) is 78.0 cm³/mol. The van der Waals surface area contributed by atoms with Crippen molar-refractivity contribution in [3.05, 3.63) is 35.3 Å². The van der Waals surface area contributed by atoms with Crippen LogP contribution in [0, 0.1) is 0 Å². The van der Waals surface area contributed by atoms with Gasteiger partial charge in [-0.1, -0.05) is 23.5 Å². The Morgan fingerprint density at radius 1 is 1.40 bits per heavy atom. The molecule has 20 heavy (non-hydrogen) atoms. The van der Waals surface area contributed by atoms with Gasteiger partial charge in [-0.25, -0.2) is 4.79 Å². The molecular formula is C13H16N4O2S. The SMILES string of the molecule is CC(CCc1ccc(O)cc1)NC(=O)Nc1nncs1.